The number of hydrogen-bond acceptors (Lipinski definition) is 7. The minimum absolute atomic E-state index is 0.177. The summed E-state index contributed by atoms with van der Waals surface area (Å²) in [6, 6.07) is 14.6. The lowest BCUT2D eigenvalue weighted by atomic mass is 9.84. The Morgan fingerprint density at radius 2 is 1.89 bits per heavy atom. The van der Waals surface area contributed by atoms with Crippen molar-refractivity contribution in [1.82, 2.24) is 15.5 Å². The van der Waals surface area contributed by atoms with Gasteiger partial charge in [-0.05, 0) is 36.8 Å². The van der Waals surface area contributed by atoms with E-state index in [1.807, 2.05) is 43.3 Å². The summed E-state index contributed by atoms with van der Waals surface area (Å²) >= 11 is 0. The van der Waals surface area contributed by atoms with E-state index in [1.165, 1.54) is 12.3 Å². The first-order valence-electron chi connectivity index (χ1n) is 12.0. The van der Waals surface area contributed by atoms with Crippen LogP contribution in [0, 0.1) is 0 Å². The minimum Gasteiger partial charge on any atom is -0.496 e. The number of carbonyl (C=O) groups excluding carboxylic acids is 1. The van der Waals surface area contributed by atoms with Gasteiger partial charge in [-0.15, -0.1) is 0 Å². The van der Waals surface area contributed by atoms with Crippen LogP contribution in [0.25, 0.3) is 5.70 Å². The minimum atomic E-state index is -3.46. The summed E-state index contributed by atoms with van der Waals surface area (Å²) in [6.45, 7) is 6.20. The summed E-state index contributed by atoms with van der Waals surface area (Å²) in [5.74, 6) is -0.195. The molecule has 0 saturated carbocycles. The Labute approximate surface area is 212 Å². The molecule has 0 bridgehead atoms. The Hall–Kier alpha value is -3.14. The van der Waals surface area contributed by atoms with Gasteiger partial charge in [-0.1, -0.05) is 30.3 Å². The number of dihydropyridines is 1. The molecule has 1 atom stereocenters. The molecule has 0 radical (unpaired) electrons. The number of sulfone groups is 1. The molecular formula is C27H33N3O5S. The van der Waals surface area contributed by atoms with E-state index in [-0.39, 0.29) is 10.8 Å². The van der Waals surface area contributed by atoms with Gasteiger partial charge in [-0.25, -0.2) is 8.42 Å². The maximum atomic E-state index is 13.5. The van der Waals surface area contributed by atoms with E-state index in [4.69, 9.17) is 9.47 Å². The normalized spacial score (nSPS) is 18.9. The van der Waals surface area contributed by atoms with Gasteiger partial charge in [0.15, 0.2) is 9.84 Å². The van der Waals surface area contributed by atoms with Crippen molar-refractivity contribution in [2.75, 3.05) is 52.8 Å². The van der Waals surface area contributed by atoms with E-state index in [0.29, 0.717) is 42.3 Å². The highest BCUT2D eigenvalue weighted by atomic mass is 32.2. The molecule has 8 nitrogen and oxygen atoms in total. The predicted molar refractivity (Wildman–Crippen MR) is 139 cm³/mol. The van der Waals surface area contributed by atoms with Gasteiger partial charge in [0, 0.05) is 60.9 Å². The standard InChI is InChI=1S/C27H33N3O5S/c1-19-26(27(31)28-11-12-30-13-15-35-16-14-30)23(18-24(29-19)20-7-5-4-6-8-20)22-17-21(36(3,32)33)9-10-25(22)34-2/h4-10,17-18,23,29H,11-16H2,1-3H3,(H,28,31). The van der Waals surface area contributed by atoms with Crippen LogP contribution in [0.5, 0.6) is 5.75 Å². The fraction of sp³-hybridized carbons (Fsp3) is 0.370. The highest BCUT2D eigenvalue weighted by Crippen LogP contribution is 2.39. The molecule has 2 aromatic carbocycles. The number of morpholine rings is 1. The molecule has 2 heterocycles. The van der Waals surface area contributed by atoms with Crippen molar-refractivity contribution < 1.29 is 22.7 Å². The van der Waals surface area contributed by atoms with E-state index in [9.17, 15) is 13.2 Å². The van der Waals surface area contributed by atoms with Crippen molar-refractivity contribution in [3.63, 3.8) is 0 Å². The average Bonchev–Trinajstić information content (AvgIpc) is 2.88. The summed E-state index contributed by atoms with van der Waals surface area (Å²) in [6.07, 6.45) is 3.13. The highest BCUT2D eigenvalue weighted by Gasteiger charge is 2.31. The van der Waals surface area contributed by atoms with Gasteiger partial charge in [-0.2, -0.15) is 0 Å². The maximum absolute atomic E-state index is 13.5. The first-order valence-corrected chi connectivity index (χ1v) is 13.9. The molecule has 36 heavy (non-hydrogen) atoms. The van der Waals surface area contributed by atoms with Gasteiger partial charge in [-0.3, -0.25) is 9.69 Å². The average molecular weight is 512 g/mol. The van der Waals surface area contributed by atoms with Crippen molar-refractivity contribution >= 4 is 21.4 Å². The molecule has 2 aliphatic heterocycles. The van der Waals surface area contributed by atoms with E-state index >= 15 is 0 Å². The molecule has 2 aromatic rings. The van der Waals surface area contributed by atoms with Crippen LogP contribution >= 0.6 is 0 Å². The number of methoxy groups -OCH3 is 1. The van der Waals surface area contributed by atoms with Crippen LogP contribution in [0.2, 0.25) is 0 Å². The molecule has 0 aliphatic carbocycles. The first kappa shape index (κ1) is 25.9. The second-order valence-corrected chi connectivity index (χ2v) is 11.0. The molecule has 1 fully saturated rings. The summed E-state index contributed by atoms with van der Waals surface area (Å²) < 4.78 is 35.7. The van der Waals surface area contributed by atoms with Crippen molar-refractivity contribution in [2.45, 2.75) is 17.7 Å². The number of benzene rings is 2. The van der Waals surface area contributed by atoms with Crippen molar-refractivity contribution in [3.05, 3.63) is 77.0 Å². The van der Waals surface area contributed by atoms with Crippen LogP contribution in [-0.2, 0) is 19.4 Å². The highest BCUT2D eigenvalue weighted by molar-refractivity contribution is 7.90. The van der Waals surface area contributed by atoms with E-state index in [1.54, 1.807) is 19.2 Å². The largest absolute Gasteiger partial charge is 0.496 e. The van der Waals surface area contributed by atoms with Crippen molar-refractivity contribution in [1.29, 1.82) is 0 Å². The fourth-order valence-electron chi connectivity index (χ4n) is 4.57. The molecule has 4 rings (SSSR count). The molecule has 0 aromatic heterocycles. The third-order valence-corrected chi connectivity index (χ3v) is 7.59. The number of allylic oxidation sites excluding steroid dienone is 2. The number of nitrogens with zero attached hydrogens (tertiary/aromatic N) is 1. The topological polar surface area (TPSA) is 97.0 Å². The van der Waals surface area contributed by atoms with Gasteiger partial charge in [0.05, 0.1) is 25.2 Å². The Balaban J connectivity index is 1.70. The summed E-state index contributed by atoms with van der Waals surface area (Å²) in [7, 11) is -1.91. The lowest BCUT2D eigenvalue weighted by Gasteiger charge is -2.30. The predicted octanol–water partition coefficient (Wildman–Crippen LogP) is 2.55. The summed E-state index contributed by atoms with van der Waals surface area (Å²) in [5.41, 5.74) is 3.66. The lowest BCUT2D eigenvalue weighted by molar-refractivity contribution is -0.117. The molecule has 1 unspecified atom stereocenters. The molecule has 1 saturated heterocycles. The Morgan fingerprint density at radius 1 is 1.17 bits per heavy atom. The van der Waals surface area contributed by atoms with Crippen LogP contribution in [0.3, 0.4) is 0 Å². The number of rotatable bonds is 8. The molecule has 2 aliphatic rings. The zero-order chi connectivity index (χ0) is 25.7. The van der Waals surface area contributed by atoms with Crippen LogP contribution in [0.15, 0.2) is 70.8 Å². The van der Waals surface area contributed by atoms with Crippen molar-refractivity contribution in [2.24, 2.45) is 0 Å². The third-order valence-electron chi connectivity index (χ3n) is 6.48. The summed E-state index contributed by atoms with van der Waals surface area (Å²) in [4.78, 5) is 16.0. The van der Waals surface area contributed by atoms with Crippen LogP contribution < -0.4 is 15.4 Å². The Kier molecular flexibility index (Phi) is 8.13. The third kappa shape index (κ3) is 5.98. The van der Waals surface area contributed by atoms with Gasteiger partial charge in [0.1, 0.15) is 5.75 Å². The molecule has 0 spiro atoms. The SMILES string of the molecule is COc1ccc(S(C)(=O)=O)cc1C1C=C(c2ccccc2)NC(C)=C1C(=O)NCCN1CCOCC1. The monoisotopic (exact) mass is 511 g/mol. The summed E-state index contributed by atoms with van der Waals surface area (Å²) in [5, 5.41) is 6.44. The van der Waals surface area contributed by atoms with E-state index in [0.717, 1.165) is 30.9 Å². The number of amides is 1. The van der Waals surface area contributed by atoms with Gasteiger partial charge < -0.3 is 20.1 Å². The zero-order valence-corrected chi connectivity index (χ0v) is 21.7. The lowest BCUT2D eigenvalue weighted by Crippen LogP contribution is -2.42. The number of ether oxygens (including phenoxy) is 2. The second-order valence-electron chi connectivity index (χ2n) is 8.97. The second kappa shape index (κ2) is 11.3. The van der Waals surface area contributed by atoms with E-state index in [2.05, 4.69) is 15.5 Å². The van der Waals surface area contributed by atoms with Gasteiger partial charge >= 0.3 is 0 Å². The number of carbonyl (C=O) groups is 1. The van der Waals surface area contributed by atoms with Gasteiger partial charge in [0.25, 0.3) is 0 Å². The zero-order valence-electron chi connectivity index (χ0n) is 20.9. The Morgan fingerprint density at radius 3 is 2.56 bits per heavy atom. The maximum Gasteiger partial charge on any atom is 0.249 e. The molecule has 2 N–H and O–H groups in total. The van der Waals surface area contributed by atoms with E-state index < -0.39 is 15.8 Å². The van der Waals surface area contributed by atoms with Crippen LogP contribution in [-0.4, -0.2) is 72.0 Å². The number of nitrogens with one attached hydrogen (secondary N) is 2. The van der Waals surface area contributed by atoms with Gasteiger partial charge in [0.2, 0.25) is 5.91 Å². The quantitative estimate of drug-likeness (QED) is 0.562. The van der Waals surface area contributed by atoms with Crippen molar-refractivity contribution in [3.8, 4) is 5.75 Å². The smallest absolute Gasteiger partial charge is 0.249 e. The fourth-order valence-corrected chi connectivity index (χ4v) is 5.23. The Bertz CT molecular complexity index is 1270. The molecular weight excluding hydrogens is 478 g/mol. The van der Waals surface area contributed by atoms with Crippen LogP contribution in [0.4, 0.5) is 0 Å². The first-order chi connectivity index (χ1) is 17.3. The number of hydrogen-bond donors (Lipinski definition) is 2. The molecule has 1 amide bonds. The molecule has 9 heteroatoms. The molecule has 192 valence electrons. The van der Waals surface area contributed by atoms with Crippen LogP contribution in [0.1, 0.15) is 24.0 Å².